The van der Waals surface area contributed by atoms with Gasteiger partial charge in [0.25, 0.3) is 0 Å². The van der Waals surface area contributed by atoms with E-state index in [2.05, 4.69) is 0 Å². The fourth-order valence-corrected chi connectivity index (χ4v) is 2.06. The van der Waals surface area contributed by atoms with Gasteiger partial charge < -0.3 is 9.52 Å². The summed E-state index contributed by atoms with van der Waals surface area (Å²) >= 11 is 0. The molecule has 1 heterocycles. The summed E-state index contributed by atoms with van der Waals surface area (Å²) in [6.07, 6.45) is 1.59. The monoisotopic (exact) mass is 265 g/mol. The topological polar surface area (TPSA) is 77.1 Å². The Morgan fingerprint density at radius 1 is 1.26 bits per heavy atom. The van der Waals surface area contributed by atoms with E-state index in [-0.39, 0.29) is 35.1 Å². The van der Waals surface area contributed by atoms with Gasteiger partial charge in [0.05, 0.1) is 0 Å². The van der Waals surface area contributed by atoms with Crippen molar-refractivity contribution in [3.63, 3.8) is 0 Å². The first-order valence-corrected chi connectivity index (χ1v) is 5.82. The number of hydrogen-bond acceptors (Lipinski definition) is 4. The Morgan fingerprint density at radius 2 is 1.84 bits per heavy atom. The van der Waals surface area contributed by atoms with Crippen molar-refractivity contribution < 1.29 is 39.1 Å². The Morgan fingerprint density at radius 3 is 2.37 bits per heavy atom. The number of rotatable bonds is 2. The van der Waals surface area contributed by atoms with Gasteiger partial charge in [-0.2, -0.15) is 5.26 Å². The zero-order valence-corrected chi connectivity index (χ0v) is 13.2. The van der Waals surface area contributed by atoms with E-state index in [0.29, 0.717) is 5.39 Å². The molecule has 1 aromatic heterocycles. The van der Waals surface area contributed by atoms with Gasteiger partial charge in [0.2, 0.25) is 0 Å². The van der Waals surface area contributed by atoms with Crippen LogP contribution in [0.15, 0.2) is 21.3 Å². The minimum Gasteiger partial charge on any atom is -0.871 e. The van der Waals surface area contributed by atoms with E-state index in [1.54, 1.807) is 18.2 Å². The van der Waals surface area contributed by atoms with Gasteiger partial charge in [0.15, 0.2) is 0 Å². The second-order valence-corrected chi connectivity index (χ2v) is 4.03. The second-order valence-electron chi connectivity index (χ2n) is 4.03. The van der Waals surface area contributed by atoms with Crippen molar-refractivity contribution in [2.45, 2.75) is 26.7 Å². The van der Waals surface area contributed by atoms with E-state index in [0.717, 1.165) is 24.0 Å². The van der Waals surface area contributed by atoms with Crippen LogP contribution in [0, 0.1) is 11.3 Å². The molecule has 0 aliphatic rings. The fourth-order valence-electron chi connectivity index (χ4n) is 2.06. The standard InChI is InChI=1S/C14H13NO3.Na/c1-3-8-5-10-12(6-9(8)4-2)18-14(17)11(7-15)13(10)16;/h5-6,16H,3-4H2,1-2H3;/q;+1/p-1. The van der Waals surface area contributed by atoms with Crippen molar-refractivity contribution in [2.75, 3.05) is 0 Å². The summed E-state index contributed by atoms with van der Waals surface area (Å²) in [6.45, 7) is 4.00. The first-order valence-electron chi connectivity index (χ1n) is 5.82. The molecule has 0 amide bonds. The smallest absolute Gasteiger partial charge is 0.871 e. The van der Waals surface area contributed by atoms with Gasteiger partial charge in [-0.1, -0.05) is 19.6 Å². The number of aryl methyl sites for hydroxylation is 2. The first-order chi connectivity index (χ1) is 8.62. The maximum absolute atomic E-state index is 12.0. The Hall–Kier alpha value is -1.28. The number of benzene rings is 1. The van der Waals surface area contributed by atoms with Crippen LogP contribution in [0.3, 0.4) is 0 Å². The van der Waals surface area contributed by atoms with E-state index in [9.17, 15) is 9.90 Å². The number of fused-ring (bicyclic) bond motifs is 1. The average Bonchev–Trinajstić information content (AvgIpc) is 2.37. The quantitative estimate of drug-likeness (QED) is 0.508. The summed E-state index contributed by atoms with van der Waals surface area (Å²) in [6, 6.07) is 5.05. The molecule has 0 unspecified atom stereocenters. The molecule has 2 rings (SSSR count). The van der Waals surface area contributed by atoms with E-state index >= 15 is 0 Å². The molecular weight excluding hydrogens is 253 g/mol. The van der Waals surface area contributed by atoms with E-state index < -0.39 is 16.9 Å². The summed E-state index contributed by atoms with van der Waals surface area (Å²) < 4.78 is 5.03. The van der Waals surface area contributed by atoms with Gasteiger partial charge in [0, 0.05) is 5.39 Å². The van der Waals surface area contributed by atoms with Crippen molar-refractivity contribution >= 4 is 11.0 Å². The molecule has 0 saturated heterocycles. The molecule has 0 saturated carbocycles. The number of nitrogens with zero attached hydrogens (tertiary/aromatic N) is 1. The van der Waals surface area contributed by atoms with Gasteiger partial charge >= 0.3 is 35.2 Å². The van der Waals surface area contributed by atoms with Gasteiger partial charge in [-0.25, -0.2) is 4.79 Å². The molecule has 0 spiro atoms. The molecule has 0 radical (unpaired) electrons. The van der Waals surface area contributed by atoms with Crippen molar-refractivity contribution in [1.29, 1.82) is 5.26 Å². The molecule has 4 nitrogen and oxygen atoms in total. The van der Waals surface area contributed by atoms with Crippen LogP contribution in [0.2, 0.25) is 0 Å². The average molecular weight is 265 g/mol. The van der Waals surface area contributed by atoms with Gasteiger partial charge in [-0.3, -0.25) is 0 Å². The summed E-state index contributed by atoms with van der Waals surface area (Å²) in [5.41, 5.74) is 1.05. The molecule has 0 bridgehead atoms. The van der Waals surface area contributed by atoms with Gasteiger partial charge in [-0.05, 0) is 36.1 Å². The van der Waals surface area contributed by atoms with E-state index in [4.69, 9.17) is 9.68 Å². The van der Waals surface area contributed by atoms with Crippen LogP contribution < -0.4 is 40.3 Å². The molecule has 0 aliphatic heterocycles. The Labute approximate surface area is 133 Å². The van der Waals surface area contributed by atoms with Crippen molar-refractivity contribution in [3.05, 3.63) is 39.2 Å². The summed E-state index contributed by atoms with van der Waals surface area (Å²) in [4.78, 5) is 11.4. The normalized spacial score (nSPS) is 9.95. The van der Waals surface area contributed by atoms with Crippen molar-refractivity contribution in [1.82, 2.24) is 0 Å². The van der Waals surface area contributed by atoms with Crippen LogP contribution in [0.1, 0.15) is 30.5 Å². The molecule has 0 fully saturated rings. The maximum atomic E-state index is 12.0. The van der Waals surface area contributed by atoms with Crippen LogP contribution in [0.4, 0.5) is 0 Å². The molecule has 0 N–H and O–H groups in total. The molecule has 19 heavy (non-hydrogen) atoms. The fraction of sp³-hybridized carbons (Fsp3) is 0.286. The first kappa shape index (κ1) is 15.8. The maximum Gasteiger partial charge on any atom is 1.00 e. The third kappa shape index (κ3) is 2.69. The summed E-state index contributed by atoms with van der Waals surface area (Å²) in [5, 5.41) is 21.0. The van der Waals surface area contributed by atoms with E-state index in [1.165, 1.54) is 0 Å². The van der Waals surface area contributed by atoms with Crippen molar-refractivity contribution in [3.8, 4) is 11.8 Å². The number of hydrogen-bond donors (Lipinski definition) is 0. The third-order valence-corrected chi connectivity index (χ3v) is 3.05. The van der Waals surface area contributed by atoms with Crippen LogP contribution in [0.25, 0.3) is 11.0 Å². The van der Waals surface area contributed by atoms with Crippen LogP contribution in [-0.4, -0.2) is 0 Å². The zero-order valence-electron chi connectivity index (χ0n) is 11.2. The largest absolute Gasteiger partial charge is 1.00 e. The minimum absolute atomic E-state index is 0. The van der Waals surface area contributed by atoms with Crippen LogP contribution in [0.5, 0.6) is 5.75 Å². The number of nitriles is 1. The Balaban J connectivity index is 0.00000180. The minimum atomic E-state index is -0.860. The van der Waals surface area contributed by atoms with E-state index in [1.807, 2.05) is 13.8 Å². The zero-order chi connectivity index (χ0) is 13.3. The SMILES string of the molecule is CCc1cc2oc(=O)c(C#N)c([O-])c2cc1CC.[Na+]. The van der Waals surface area contributed by atoms with Crippen LogP contribution in [-0.2, 0) is 12.8 Å². The van der Waals surface area contributed by atoms with Crippen LogP contribution >= 0.6 is 0 Å². The molecule has 0 aliphatic carbocycles. The molecule has 92 valence electrons. The molecule has 5 heteroatoms. The van der Waals surface area contributed by atoms with Gasteiger partial charge in [0.1, 0.15) is 17.2 Å². The predicted molar refractivity (Wildman–Crippen MR) is 65.4 cm³/mol. The summed E-state index contributed by atoms with van der Waals surface area (Å²) in [7, 11) is 0. The summed E-state index contributed by atoms with van der Waals surface area (Å²) in [5.74, 6) is -0.541. The molecule has 1 aromatic carbocycles. The third-order valence-electron chi connectivity index (χ3n) is 3.05. The molecule has 0 atom stereocenters. The predicted octanol–water partition coefficient (Wildman–Crippen LogP) is -1.13. The molecule has 2 aromatic rings. The molecular formula is C14H12NNaO3. The van der Waals surface area contributed by atoms with Gasteiger partial charge in [-0.15, -0.1) is 0 Å². The Kier molecular flexibility index (Phi) is 5.19. The Bertz CT molecular complexity index is 713. The van der Waals surface area contributed by atoms with Crippen molar-refractivity contribution in [2.24, 2.45) is 0 Å². The second kappa shape index (κ2) is 6.25.